The Balaban J connectivity index is 2.24. The Morgan fingerprint density at radius 2 is 1.90 bits per heavy atom. The summed E-state index contributed by atoms with van der Waals surface area (Å²) >= 11 is 0. The lowest BCUT2D eigenvalue weighted by Gasteiger charge is -2.41. The van der Waals surface area contributed by atoms with Gasteiger partial charge in [0.25, 0.3) is 0 Å². The van der Waals surface area contributed by atoms with Gasteiger partial charge in [-0.3, -0.25) is 0 Å². The molecule has 1 unspecified atom stereocenters. The molecule has 1 N–H and O–H groups in total. The van der Waals surface area contributed by atoms with Crippen LogP contribution in [0.5, 0.6) is 0 Å². The number of carbonyl (C=O) groups excluding carboxylic acids is 1. The molecule has 1 fully saturated rings. The van der Waals surface area contributed by atoms with E-state index in [0.717, 1.165) is 5.56 Å². The minimum atomic E-state index is -0.516. The van der Waals surface area contributed by atoms with Crippen LogP contribution >= 0.6 is 0 Å². The number of hydrogen-bond acceptors (Lipinski definition) is 3. The number of rotatable bonds is 1. The van der Waals surface area contributed by atoms with E-state index in [2.05, 4.69) is 0 Å². The van der Waals surface area contributed by atoms with E-state index >= 15 is 0 Å². The van der Waals surface area contributed by atoms with Crippen LogP contribution in [0.2, 0.25) is 0 Å². The topological polar surface area (TPSA) is 49.8 Å². The summed E-state index contributed by atoms with van der Waals surface area (Å²) < 4.78 is 5.52. The molecule has 0 spiro atoms. The monoisotopic (exact) mass is 291 g/mol. The van der Waals surface area contributed by atoms with E-state index in [9.17, 15) is 9.90 Å². The van der Waals surface area contributed by atoms with Gasteiger partial charge in [-0.05, 0) is 38.7 Å². The van der Waals surface area contributed by atoms with Gasteiger partial charge in [-0.25, -0.2) is 4.79 Å². The van der Waals surface area contributed by atoms with Crippen LogP contribution in [-0.2, 0) is 4.74 Å². The van der Waals surface area contributed by atoms with Crippen LogP contribution in [0, 0.1) is 5.92 Å². The van der Waals surface area contributed by atoms with E-state index in [1.54, 1.807) is 4.90 Å². The van der Waals surface area contributed by atoms with Gasteiger partial charge in [-0.15, -0.1) is 0 Å². The van der Waals surface area contributed by atoms with E-state index < -0.39 is 11.7 Å². The summed E-state index contributed by atoms with van der Waals surface area (Å²) in [4.78, 5) is 14.2. The predicted octanol–water partition coefficient (Wildman–Crippen LogP) is 3.37. The molecule has 3 atom stereocenters. The SMILES string of the molecule is C[C@@H]1CN(C(=O)OC(C)(C)C)[C@@H](c2ccccc2)CC1O. The van der Waals surface area contributed by atoms with Gasteiger partial charge in [0, 0.05) is 6.54 Å². The average Bonchev–Trinajstić information content (AvgIpc) is 2.40. The number of likely N-dealkylation sites (tertiary alicyclic amines) is 1. The van der Waals surface area contributed by atoms with Crippen LogP contribution in [0.1, 0.15) is 45.7 Å². The van der Waals surface area contributed by atoms with Gasteiger partial charge in [-0.1, -0.05) is 37.3 Å². The average molecular weight is 291 g/mol. The second-order valence-electron chi connectivity index (χ2n) is 6.84. The second kappa shape index (κ2) is 6.06. The van der Waals surface area contributed by atoms with Crippen molar-refractivity contribution in [1.82, 2.24) is 4.90 Å². The molecule has 4 heteroatoms. The third kappa shape index (κ3) is 3.97. The number of benzene rings is 1. The maximum Gasteiger partial charge on any atom is 0.410 e. The van der Waals surface area contributed by atoms with Crippen molar-refractivity contribution < 1.29 is 14.6 Å². The van der Waals surface area contributed by atoms with Gasteiger partial charge >= 0.3 is 6.09 Å². The predicted molar refractivity (Wildman–Crippen MR) is 81.9 cm³/mol. The zero-order chi connectivity index (χ0) is 15.6. The Kier molecular flexibility index (Phi) is 4.57. The Morgan fingerprint density at radius 3 is 2.48 bits per heavy atom. The van der Waals surface area contributed by atoms with E-state index in [0.29, 0.717) is 13.0 Å². The fourth-order valence-electron chi connectivity index (χ4n) is 2.66. The third-order valence-corrected chi connectivity index (χ3v) is 3.79. The Hall–Kier alpha value is -1.55. The largest absolute Gasteiger partial charge is 0.444 e. The first kappa shape index (κ1) is 15.8. The number of aliphatic hydroxyl groups is 1. The molecule has 1 aromatic carbocycles. The molecule has 21 heavy (non-hydrogen) atoms. The van der Waals surface area contributed by atoms with Gasteiger partial charge in [0.1, 0.15) is 5.60 Å². The van der Waals surface area contributed by atoms with E-state index in [1.807, 2.05) is 58.0 Å². The molecular weight excluding hydrogens is 266 g/mol. The lowest BCUT2D eigenvalue weighted by molar-refractivity contribution is -0.0271. The van der Waals surface area contributed by atoms with Crippen molar-refractivity contribution in [3.05, 3.63) is 35.9 Å². The third-order valence-electron chi connectivity index (χ3n) is 3.79. The first-order valence-electron chi connectivity index (χ1n) is 7.50. The van der Waals surface area contributed by atoms with Crippen molar-refractivity contribution in [2.75, 3.05) is 6.54 Å². The molecule has 0 radical (unpaired) electrons. The zero-order valence-corrected chi connectivity index (χ0v) is 13.2. The number of aliphatic hydroxyl groups excluding tert-OH is 1. The number of ether oxygens (including phenoxy) is 1. The van der Waals surface area contributed by atoms with E-state index in [-0.39, 0.29) is 18.1 Å². The fourth-order valence-corrected chi connectivity index (χ4v) is 2.66. The van der Waals surface area contributed by atoms with Crippen LogP contribution in [0.25, 0.3) is 0 Å². The van der Waals surface area contributed by atoms with Gasteiger partial charge in [0.05, 0.1) is 12.1 Å². The highest BCUT2D eigenvalue weighted by Crippen LogP contribution is 2.34. The molecule has 116 valence electrons. The smallest absolute Gasteiger partial charge is 0.410 e. The molecule has 1 aliphatic heterocycles. The highest BCUT2D eigenvalue weighted by atomic mass is 16.6. The van der Waals surface area contributed by atoms with Crippen molar-refractivity contribution >= 4 is 6.09 Å². The van der Waals surface area contributed by atoms with E-state index in [4.69, 9.17) is 4.74 Å². The first-order valence-corrected chi connectivity index (χ1v) is 7.50. The fraction of sp³-hybridized carbons (Fsp3) is 0.588. The normalized spacial score (nSPS) is 26.5. The Bertz CT molecular complexity index is 481. The lowest BCUT2D eigenvalue weighted by Crippen LogP contribution is -2.48. The first-order chi connectivity index (χ1) is 9.78. The quantitative estimate of drug-likeness (QED) is 0.863. The molecule has 0 aromatic heterocycles. The highest BCUT2D eigenvalue weighted by Gasteiger charge is 2.37. The van der Waals surface area contributed by atoms with Crippen LogP contribution in [0.3, 0.4) is 0 Å². The summed E-state index contributed by atoms with van der Waals surface area (Å²) in [7, 11) is 0. The number of piperidine rings is 1. The van der Waals surface area contributed by atoms with E-state index in [1.165, 1.54) is 0 Å². The van der Waals surface area contributed by atoms with Crippen LogP contribution in [0.4, 0.5) is 4.79 Å². The molecule has 0 saturated carbocycles. The highest BCUT2D eigenvalue weighted by molar-refractivity contribution is 5.69. The van der Waals surface area contributed by atoms with Gasteiger partial charge in [-0.2, -0.15) is 0 Å². The Morgan fingerprint density at radius 1 is 1.29 bits per heavy atom. The summed E-state index contributed by atoms with van der Waals surface area (Å²) in [6.45, 7) is 8.07. The molecule has 4 nitrogen and oxygen atoms in total. The van der Waals surface area contributed by atoms with Crippen molar-refractivity contribution in [2.45, 2.75) is 51.9 Å². The van der Waals surface area contributed by atoms with Gasteiger partial charge < -0.3 is 14.7 Å². The van der Waals surface area contributed by atoms with Gasteiger partial charge in [0.2, 0.25) is 0 Å². The van der Waals surface area contributed by atoms with Crippen molar-refractivity contribution in [3.63, 3.8) is 0 Å². The summed E-state index contributed by atoms with van der Waals surface area (Å²) in [5, 5.41) is 10.2. The summed E-state index contributed by atoms with van der Waals surface area (Å²) in [6.07, 6.45) is -0.159. The van der Waals surface area contributed by atoms with Crippen LogP contribution < -0.4 is 0 Å². The maximum absolute atomic E-state index is 12.5. The van der Waals surface area contributed by atoms with Crippen LogP contribution in [-0.4, -0.2) is 34.3 Å². The van der Waals surface area contributed by atoms with Crippen molar-refractivity contribution in [3.8, 4) is 0 Å². The lowest BCUT2D eigenvalue weighted by atomic mass is 9.88. The Labute approximate surface area is 126 Å². The number of amides is 1. The van der Waals surface area contributed by atoms with Crippen molar-refractivity contribution in [2.24, 2.45) is 5.92 Å². The summed E-state index contributed by atoms with van der Waals surface area (Å²) in [5.74, 6) is 0.0532. The van der Waals surface area contributed by atoms with Gasteiger partial charge in [0.15, 0.2) is 0 Å². The minimum Gasteiger partial charge on any atom is -0.444 e. The molecule has 1 saturated heterocycles. The molecule has 1 amide bonds. The standard InChI is InChI=1S/C17H25NO3/c1-12-11-18(16(20)21-17(2,3)4)14(10-15(12)19)13-8-6-5-7-9-13/h5-9,12,14-15,19H,10-11H2,1-4H3/t12-,14-,15?/m1/s1. The minimum absolute atomic E-state index is 0.0532. The summed E-state index contributed by atoms with van der Waals surface area (Å²) in [5.41, 5.74) is 0.520. The molecule has 0 aliphatic carbocycles. The molecular formula is C17H25NO3. The number of nitrogens with zero attached hydrogens (tertiary/aromatic N) is 1. The van der Waals surface area contributed by atoms with Crippen molar-refractivity contribution in [1.29, 1.82) is 0 Å². The number of hydrogen-bond donors (Lipinski definition) is 1. The molecule has 1 aliphatic rings. The number of carbonyl (C=O) groups is 1. The second-order valence-corrected chi connectivity index (χ2v) is 6.84. The maximum atomic E-state index is 12.5. The summed E-state index contributed by atoms with van der Waals surface area (Å²) in [6, 6.07) is 9.70. The molecule has 0 bridgehead atoms. The zero-order valence-electron chi connectivity index (χ0n) is 13.2. The van der Waals surface area contributed by atoms with Crippen LogP contribution in [0.15, 0.2) is 30.3 Å². The molecule has 1 heterocycles. The molecule has 1 aromatic rings. The molecule has 2 rings (SSSR count).